The normalized spacial score (nSPS) is 12.3. The minimum atomic E-state index is -0.782. The molecule has 414 valence electrons. The number of carbonyl (C=O) groups excluding carboxylic acids is 3. The third-order valence-corrected chi connectivity index (χ3v) is 13.8. The van der Waals surface area contributed by atoms with Crippen molar-refractivity contribution in [2.45, 2.75) is 335 Å². The average Bonchev–Trinajstić information content (AvgIpc) is 3.37. The standard InChI is InChI=1S/C65H118O6/c1-4-7-10-13-16-19-22-25-28-30-32-33-35-37-40-43-46-49-52-55-58-64(67)70-61-62(60-69-63(66)57-54-51-48-45-42-39-36-27-24-21-18-15-12-9-6-3)71-65(68)59-56-53-50-47-44-41-38-34-31-29-26-23-20-17-14-11-8-5-2/h18,20-21,23,27,29,31,36,62H,4-17,19,22,24-26,28,30,32-35,37-61H2,1-3H3/b21-18-,23-20-,31-29-,36-27-. The Morgan fingerprint density at radius 2 is 0.507 bits per heavy atom. The molecule has 0 spiro atoms. The van der Waals surface area contributed by atoms with E-state index in [9.17, 15) is 14.4 Å². The van der Waals surface area contributed by atoms with Gasteiger partial charge in [-0.25, -0.2) is 0 Å². The predicted molar refractivity (Wildman–Crippen MR) is 307 cm³/mol. The summed E-state index contributed by atoms with van der Waals surface area (Å²) < 4.78 is 16.9. The lowest BCUT2D eigenvalue weighted by atomic mass is 10.0. The molecule has 0 amide bonds. The van der Waals surface area contributed by atoms with Gasteiger partial charge < -0.3 is 14.2 Å². The molecule has 6 nitrogen and oxygen atoms in total. The molecular formula is C65H118O6. The van der Waals surface area contributed by atoms with Gasteiger partial charge in [0.25, 0.3) is 0 Å². The second kappa shape index (κ2) is 59.9. The number of unbranched alkanes of at least 4 members (excludes halogenated alkanes) is 38. The highest BCUT2D eigenvalue weighted by atomic mass is 16.6. The fraction of sp³-hybridized carbons (Fsp3) is 0.831. The van der Waals surface area contributed by atoms with Crippen LogP contribution in [0.15, 0.2) is 48.6 Å². The maximum Gasteiger partial charge on any atom is 0.306 e. The summed E-state index contributed by atoms with van der Waals surface area (Å²) in [4.78, 5) is 38.3. The van der Waals surface area contributed by atoms with Gasteiger partial charge in [0.15, 0.2) is 6.10 Å². The molecular weight excluding hydrogens is 877 g/mol. The van der Waals surface area contributed by atoms with Crippen LogP contribution in [0.25, 0.3) is 0 Å². The lowest BCUT2D eigenvalue weighted by molar-refractivity contribution is -0.167. The number of esters is 3. The topological polar surface area (TPSA) is 78.9 Å². The molecule has 0 aliphatic heterocycles. The summed E-state index contributed by atoms with van der Waals surface area (Å²) in [5, 5.41) is 0. The van der Waals surface area contributed by atoms with Crippen LogP contribution in [0, 0.1) is 0 Å². The maximum atomic E-state index is 12.9. The molecule has 0 heterocycles. The Hall–Kier alpha value is -2.63. The molecule has 0 saturated carbocycles. The van der Waals surface area contributed by atoms with E-state index in [0.717, 1.165) is 89.9 Å². The molecule has 0 aromatic rings. The third-order valence-electron chi connectivity index (χ3n) is 13.8. The van der Waals surface area contributed by atoms with Crippen molar-refractivity contribution in [2.24, 2.45) is 0 Å². The summed E-state index contributed by atoms with van der Waals surface area (Å²) >= 11 is 0. The van der Waals surface area contributed by atoms with E-state index in [-0.39, 0.29) is 31.1 Å². The predicted octanol–water partition coefficient (Wildman–Crippen LogP) is 21.0. The second-order valence-electron chi connectivity index (χ2n) is 21.0. The highest BCUT2D eigenvalue weighted by Gasteiger charge is 2.19. The van der Waals surface area contributed by atoms with Crippen LogP contribution in [0.2, 0.25) is 0 Å². The fourth-order valence-electron chi connectivity index (χ4n) is 9.09. The quantitative estimate of drug-likeness (QED) is 0.0261. The van der Waals surface area contributed by atoms with Crippen molar-refractivity contribution in [3.8, 4) is 0 Å². The summed E-state index contributed by atoms with van der Waals surface area (Å²) in [5.41, 5.74) is 0. The average molecular weight is 996 g/mol. The summed E-state index contributed by atoms with van der Waals surface area (Å²) in [6, 6.07) is 0. The van der Waals surface area contributed by atoms with Gasteiger partial charge >= 0.3 is 17.9 Å². The lowest BCUT2D eigenvalue weighted by Crippen LogP contribution is -2.30. The largest absolute Gasteiger partial charge is 0.462 e. The smallest absolute Gasteiger partial charge is 0.306 e. The van der Waals surface area contributed by atoms with Crippen molar-refractivity contribution >= 4 is 17.9 Å². The van der Waals surface area contributed by atoms with Gasteiger partial charge in [-0.2, -0.15) is 0 Å². The first-order chi connectivity index (χ1) is 35.0. The molecule has 0 aromatic carbocycles. The van der Waals surface area contributed by atoms with E-state index >= 15 is 0 Å². The molecule has 0 bridgehead atoms. The highest BCUT2D eigenvalue weighted by molar-refractivity contribution is 5.71. The van der Waals surface area contributed by atoms with Crippen molar-refractivity contribution < 1.29 is 28.6 Å². The van der Waals surface area contributed by atoms with Crippen LogP contribution < -0.4 is 0 Å². The van der Waals surface area contributed by atoms with Crippen molar-refractivity contribution in [2.75, 3.05) is 13.2 Å². The molecule has 71 heavy (non-hydrogen) atoms. The number of hydrogen-bond donors (Lipinski definition) is 0. The van der Waals surface area contributed by atoms with Crippen LogP contribution in [-0.4, -0.2) is 37.2 Å². The Labute approximate surface area is 441 Å². The molecule has 0 aromatic heterocycles. The zero-order valence-electron chi connectivity index (χ0n) is 47.5. The van der Waals surface area contributed by atoms with E-state index in [1.165, 1.54) is 199 Å². The Bertz CT molecular complexity index is 1230. The van der Waals surface area contributed by atoms with Gasteiger partial charge in [0.2, 0.25) is 0 Å². The van der Waals surface area contributed by atoms with Gasteiger partial charge in [-0.15, -0.1) is 0 Å². The number of carbonyl (C=O) groups is 3. The van der Waals surface area contributed by atoms with Crippen molar-refractivity contribution in [1.29, 1.82) is 0 Å². The first kappa shape index (κ1) is 68.4. The second-order valence-corrected chi connectivity index (χ2v) is 21.0. The number of hydrogen-bond acceptors (Lipinski definition) is 6. The lowest BCUT2D eigenvalue weighted by Gasteiger charge is -2.18. The molecule has 0 radical (unpaired) electrons. The van der Waals surface area contributed by atoms with Gasteiger partial charge in [0, 0.05) is 19.3 Å². The Morgan fingerprint density at radius 3 is 0.817 bits per heavy atom. The zero-order valence-corrected chi connectivity index (χ0v) is 47.5. The van der Waals surface area contributed by atoms with Gasteiger partial charge in [-0.05, 0) is 83.5 Å². The maximum absolute atomic E-state index is 12.9. The number of rotatable bonds is 57. The summed E-state index contributed by atoms with van der Waals surface area (Å²) in [6.07, 6.45) is 73.9. The van der Waals surface area contributed by atoms with E-state index in [4.69, 9.17) is 14.2 Å². The van der Waals surface area contributed by atoms with Gasteiger partial charge in [-0.3, -0.25) is 14.4 Å². The SMILES string of the molecule is CCCCC/C=C\C/C=C\CCCCCCCC(=O)OCC(COC(=O)CCCCCCCCCCCCCCCCCCCCCC)OC(=O)CCCCCCCCC/C=C\C/C=C\CCCCCC. The highest BCUT2D eigenvalue weighted by Crippen LogP contribution is 2.17. The monoisotopic (exact) mass is 995 g/mol. The van der Waals surface area contributed by atoms with Crippen molar-refractivity contribution in [3.63, 3.8) is 0 Å². The number of allylic oxidation sites excluding steroid dienone is 8. The zero-order chi connectivity index (χ0) is 51.4. The van der Waals surface area contributed by atoms with E-state index in [1.807, 2.05) is 0 Å². The first-order valence-corrected chi connectivity index (χ1v) is 31.1. The Balaban J connectivity index is 4.35. The Morgan fingerprint density at radius 1 is 0.282 bits per heavy atom. The van der Waals surface area contributed by atoms with Gasteiger partial charge in [-0.1, -0.05) is 275 Å². The molecule has 0 rings (SSSR count). The van der Waals surface area contributed by atoms with Crippen LogP contribution in [0.3, 0.4) is 0 Å². The van der Waals surface area contributed by atoms with Gasteiger partial charge in [0.1, 0.15) is 13.2 Å². The van der Waals surface area contributed by atoms with E-state index < -0.39 is 6.10 Å². The fourth-order valence-corrected chi connectivity index (χ4v) is 9.09. The van der Waals surface area contributed by atoms with Crippen LogP contribution in [0.4, 0.5) is 0 Å². The van der Waals surface area contributed by atoms with E-state index in [0.29, 0.717) is 19.3 Å². The van der Waals surface area contributed by atoms with E-state index in [1.54, 1.807) is 0 Å². The first-order valence-electron chi connectivity index (χ1n) is 31.1. The molecule has 0 fully saturated rings. The minimum absolute atomic E-state index is 0.0776. The van der Waals surface area contributed by atoms with Crippen LogP contribution in [0.5, 0.6) is 0 Å². The molecule has 1 atom stereocenters. The van der Waals surface area contributed by atoms with Crippen LogP contribution in [0.1, 0.15) is 329 Å². The van der Waals surface area contributed by atoms with Crippen molar-refractivity contribution in [3.05, 3.63) is 48.6 Å². The molecule has 0 aliphatic rings. The number of ether oxygens (including phenoxy) is 3. The van der Waals surface area contributed by atoms with Crippen LogP contribution in [-0.2, 0) is 28.6 Å². The summed E-state index contributed by atoms with van der Waals surface area (Å²) in [6.45, 7) is 6.63. The molecule has 6 heteroatoms. The Kier molecular flexibility index (Phi) is 57.7. The van der Waals surface area contributed by atoms with Gasteiger partial charge in [0.05, 0.1) is 0 Å². The third kappa shape index (κ3) is 58.1. The van der Waals surface area contributed by atoms with Crippen LogP contribution >= 0.6 is 0 Å². The molecule has 0 N–H and O–H groups in total. The molecule has 0 saturated heterocycles. The summed E-state index contributed by atoms with van der Waals surface area (Å²) in [7, 11) is 0. The summed E-state index contributed by atoms with van der Waals surface area (Å²) in [5.74, 6) is -0.881. The van der Waals surface area contributed by atoms with E-state index in [2.05, 4.69) is 69.4 Å². The van der Waals surface area contributed by atoms with Crippen molar-refractivity contribution in [1.82, 2.24) is 0 Å². The molecule has 1 unspecified atom stereocenters. The molecule has 0 aliphatic carbocycles. The minimum Gasteiger partial charge on any atom is -0.462 e.